The number of quaternary nitrogens is 1. The Morgan fingerprint density at radius 1 is 1.24 bits per heavy atom. The second-order valence-electron chi connectivity index (χ2n) is 6.37. The molecule has 0 spiro atoms. The van der Waals surface area contributed by atoms with Gasteiger partial charge in [-0.1, -0.05) is 31.2 Å². The number of carbonyl (C=O) groups excluding carboxylic acids is 1. The molecule has 0 fully saturated rings. The summed E-state index contributed by atoms with van der Waals surface area (Å²) in [5.41, 5.74) is 3.12. The first-order valence-electron chi connectivity index (χ1n) is 8.63. The Morgan fingerprint density at radius 3 is 2.80 bits per heavy atom. The molecule has 2 aromatic carbocycles. The lowest BCUT2D eigenvalue weighted by molar-refractivity contribution is -0.902. The minimum Gasteiger partial charge on any atom is -0.322 e. The Hall–Kier alpha value is -2.24. The molecule has 130 valence electrons. The largest absolute Gasteiger partial charge is 0.322 e. The van der Waals surface area contributed by atoms with E-state index in [0.717, 1.165) is 27.5 Å². The molecular weight excluding hydrogens is 330 g/mol. The lowest BCUT2D eigenvalue weighted by Crippen LogP contribution is -3.10. The first-order chi connectivity index (χ1) is 12.1. The van der Waals surface area contributed by atoms with Gasteiger partial charge < -0.3 is 10.2 Å². The third-order valence-corrected chi connectivity index (χ3v) is 5.70. The number of amides is 1. The molecule has 4 nitrogen and oxygen atoms in total. The Kier molecular flexibility index (Phi) is 5.46. The minimum atomic E-state index is 0.0266. The number of anilines is 1. The number of hydrogen-bond donors (Lipinski definition) is 2. The summed E-state index contributed by atoms with van der Waals surface area (Å²) in [5, 5.41) is 4.07. The van der Waals surface area contributed by atoms with Crippen LogP contribution in [-0.4, -0.2) is 24.5 Å². The molecule has 1 amide bonds. The van der Waals surface area contributed by atoms with Crippen LogP contribution in [0.4, 0.5) is 5.69 Å². The van der Waals surface area contributed by atoms with Gasteiger partial charge in [-0.2, -0.15) is 0 Å². The van der Waals surface area contributed by atoms with E-state index in [1.54, 1.807) is 11.3 Å². The number of benzene rings is 2. The molecule has 1 aromatic heterocycles. The van der Waals surface area contributed by atoms with Gasteiger partial charge in [0.25, 0.3) is 5.91 Å². The van der Waals surface area contributed by atoms with E-state index < -0.39 is 0 Å². The first-order valence-corrected chi connectivity index (χ1v) is 9.45. The molecule has 2 N–H and O–H groups in total. The van der Waals surface area contributed by atoms with Crippen LogP contribution < -0.4 is 10.2 Å². The molecule has 0 saturated heterocycles. The fourth-order valence-electron chi connectivity index (χ4n) is 2.77. The number of carbonyl (C=O) groups is 1. The van der Waals surface area contributed by atoms with Crippen molar-refractivity contribution in [1.29, 1.82) is 0 Å². The van der Waals surface area contributed by atoms with E-state index in [9.17, 15) is 4.79 Å². The van der Waals surface area contributed by atoms with Gasteiger partial charge in [-0.05, 0) is 43.2 Å². The topological polar surface area (TPSA) is 46.4 Å². The monoisotopic (exact) mass is 354 g/mol. The number of likely N-dealkylation sites (N-methyl/N-ethyl adjacent to an activating group) is 1. The maximum atomic E-state index is 12.4. The molecule has 0 aliphatic carbocycles. The van der Waals surface area contributed by atoms with Crippen molar-refractivity contribution in [2.45, 2.75) is 26.3 Å². The van der Waals surface area contributed by atoms with Crippen LogP contribution in [-0.2, 0) is 11.2 Å². The van der Waals surface area contributed by atoms with Crippen molar-refractivity contribution < 1.29 is 9.69 Å². The molecule has 2 atom stereocenters. The summed E-state index contributed by atoms with van der Waals surface area (Å²) in [5.74, 6) is 0.0266. The Balaban J connectivity index is 1.63. The molecule has 3 aromatic rings. The number of nitrogens with one attached hydrogen (secondary N) is 2. The predicted octanol–water partition coefficient (Wildman–Crippen LogP) is 3.07. The van der Waals surface area contributed by atoms with E-state index in [2.05, 4.69) is 31.3 Å². The zero-order valence-electron chi connectivity index (χ0n) is 14.9. The highest BCUT2D eigenvalue weighted by Gasteiger charge is 2.22. The number of aryl methyl sites for hydroxylation is 1. The van der Waals surface area contributed by atoms with Crippen molar-refractivity contribution in [2.24, 2.45) is 0 Å². The van der Waals surface area contributed by atoms with Crippen LogP contribution in [0.2, 0.25) is 0 Å². The predicted molar refractivity (Wildman–Crippen MR) is 104 cm³/mol. The number of rotatable bonds is 6. The van der Waals surface area contributed by atoms with Crippen LogP contribution in [0.3, 0.4) is 0 Å². The standard InChI is InChI=1S/C20H23N3OS/c1-4-15-8-7-9-16(12-15)21-19(24)13-23(3)14(2)20-22-17-10-5-6-11-18(17)25-20/h5-12,14H,4,13H2,1-3H3,(H,21,24)/p+1/t14-/m1/s1. The molecular formula is C20H24N3OS+. The van der Waals surface area contributed by atoms with Crippen molar-refractivity contribution in [1.82, 2.24) is 4.98 Å². The van der Waals surface area contributed by atoms with Gasteiger partial charge in [-0.25, -0.2) is 4.98 Å². The second-order valence-corrected chi connectivity index (χ2v) is 7.43. The molecule has 3 rings (SSSR count). The Labute approximate surface area is 152 Å². The number of nitrogens with zero attached hydrogens (tertiary/aromatic N) is 1. The summed E-state index contributed by atoms with van der Waals surface area (Å²) in [7, 11) is 2.04. The molecule has 5 heteroatoms. The summed E-state index contributed by atoms with van der Waals surface area (Å²) < 4.78 is 1.19. The molecule has 0 bridgehead atoms. The van der Waals surface area contributed by atoms with Crippen LogP contribution in [0.1, 0.15) is 30.5 Å². The van der Waals surface area contributed by atoms with Crippen LogP contribution in [0.5, 0.6) is 0 Å². The lowest BCUT2D eigenvalue weighted by atomic mass is 10.1. The summed E-state index contributed by atoms with van der Waals surface area (Å²) in [6.45, 7) is 4.64. The fraction of sp³-hybridized carbons (Fsp3) is 0.300. The second kappa shape index (κ2) is 7.76. The molecule has 1 unspecified atom stereocenters. The van der Waals surface area contributed by atoms with E-state index >= 15 is 0 Å². The summed E-state index contributed by atoms with van der Waals surface area (Å²) in [6, 6.07) is 16.3. The Morgan fingerprint density at radius 2 is 2.04 bits per heavy atom. The van der Waals surface area contributed by atoms with E-state index in [1.165, 1.54) is 10.3 Å². The molecule has 0 aliphatic rings. The van der Waals surface area contributed by atoms with Gasteiger partial charge in [0, 0.05) is 5.69 Å². The van der Waals surface area contributed by atoms with E-state index in [1.807, 2.05) is 43.4 Å². The van der Waals surface area contributed by atoms with Gasteiger partial charge in [-0.15, -0.1) is 11.3 Å². The lowest BCUT2D eigenvalue weighted by Gasteiger charge is -2.19. The van der Waals surface area contributed by atoms with E-state index in [0.29, 0.717) is 6.54 Å². The highest BCUT2D eigenvalue weighted by molar-refractivity contribution is 7.18. The number of fused-ring (bicyclic) bond motifs is 1. The van der Waals surface area contributed by atoms with Crippen molar-refractivity contribution in [3.63, 3.8) is 0 Å². The van der Waals surface area contributed by atoms with Gasteiger partial charge >= 0.3 is 0 Å². The van der Waals surface area contributed by atoms with Gasteiger partial charge in [0.15, 0.2) is 11.6 Å². The number of hydrogen-bond acceptors (Lipinski definition) is 3. The average Bonchev–Trinajstić information content (AvgIpc) is 3.05. The third-order valence-electron chi connectivity index (χ3n) is 4.48. The molecule has 0 radical (unpaired) electrons. The van der Waals surface area contributed by atoms with Crippen LogP contribution in [0.25, 0.3) is 10.2 Å². The minimum absolute atomic E-state index is 0.0266. The smallest absolute Gasteiger partial charge is 0.279 e. The van der Waals surface area contributed by atoms with Crippen molar-refractivity contribution in [3.8, 4) is 0 Å². The quantitative estimate of drug-likeness (QED) is 0.715. The summed E-state index contributed by atoms with van der Waals surface area (Å²) >= 11 is 1.71. The maximum absolute atomic E-state index is 12.4. The number of aromatic nitrogens is 1. The molecule has 0 aliphatic heterocycles. The maximum Gasteiger partial charge on any atom is 0.279 e. The Bertz CT molecular complexity index is 841. The molecule has 1 heterocycles. The average molecular weight is 354 g/mol. The van der Waals surface area contributed by atoms with Crippen molar-refractivity contribution in [2.75, 3.05) is 18.9 Å². The summed E-state index contributed by atoms with van der Waals surface area (Å²) in [6.07, 6.45) is 0.962. The fourth-order valence-corrected chi connectivity index (χ4v) is 3.88. The number of para-hydroxylation sites is 1. The molecule has 0 saturated carbocycles. The van der Waals surface area contributed by atoms with E-state index in [-0.39, 0.29) is 11.9 Å². The van der Waals surface area contributed by atoms with Gasteiger partial charge in [-0.3, -0.25) is 4.79 Å². The van der Waals surface area contributed by atoms with Gasteiger partial charge in [0.05, 0.1) is 17.3 Å². The zero-order chi connectivity index (χ0) is 17.8. The highest BCUT2D eigenvalue weighted by atomic mass is 32.1. The molecule has 25 heavy (non-hydrogen) atoms. The SMILES string of the molecule is CCc1cccc(NC(=O)C[NH+](C)[C@H](C)c2nc3ccccc3s2)c1. The van der Waals surface area contributed by atoms with Crippen molar-refractivity contribution >= 4 is 33.1 Å². The first kappa shape index (κ1) is 17.6. The summed E-state index contributed by atoms with van der Waals surface area (Å²) in [4.78, 5) is 18.2. The zero-order valence-corrected chi connectivity index (χ0v) is 15.7. The van der Waals surface area contributed by atoms with Crippen LogP contribution in [0, 0.1) is 0 Å². The van der Waals surface area contributed by atoms with Crippen LogP contribution >= 0.6 is 11.3 Å². The third kappa shape index (κ3) is 4.24. The normalized spacial score (nSPS) is 13.6. The van der Waals surface area contributed by atoms with Gasteiger partial charge in [0.2, 0.25) is 0 Å². The van der Waals surface area contributed by atoms with E-state index in [4.69, 9.17) is 4.98 Å². The van der Waals surface area contributed by atoms with Gasteiger partial charge in [0.1, 0.15) is 6.04 Å². The van der Waals surface area contributed by atoms with Crippen LogP contribution in [0.15, 0.2) is 48.5 Å². The number of thiazole rings is 1. The highest BCUT2D eigenvalue weighted by Crippen LogP contribution is 2.24. The van der Waals surface area contributed by atoms with Crippen molar-refractivity contribution in [3.05, 3.63) is 59.1 Å².